The van der Waals surface area contributed by atoms with Crippen LogP contribution >= 0.6 is 0 Å². The van der Waals surface area contributed by atoms with E-state index in [9.17, 15) is 4.79 Å². The maximum Gasteiger partial charge on any atom is 0.222 e. The number of fused-ring (bicyclic) bond motifs is 1. The zero-order valence-electron chi connectivity index (χ0n) is 22.5. The van der Waals surface area contributed by atoms with Gasteiger partial charge in [-0.2, -0.15) is 5.10 Å². The second-order valence-corrected chi connectivity index (χ2v) is 10.2. The molecule has 1 saturated heterocycles. The summed E-state index contributed by atoms with van der Waals surface area (Å²) in [5.41, 5.74) is 9.46. The van der Waals surface area contributed by atoms with Gasteiger partial charge in [0.1, 0.15) is 29.3 Å². The largest absolute Gasteiger partial charge is 0.457 e. The zero-order valence-corrected chi connectivity index (χ0v) is 22.5. The van der Waals surface area contributed by atoms with Crippen LogP contribution in [0, 0.1) is 0 Å². The third kappa shape index (κ3) is 5.68. The highest BCUT2D eigenvalue weighted by Gasteiger charge is 2.24. The Balaban J connectivity index is 1.20. The monoisotopic (exact) mass is 538 g/mol. The lowest BCUT2D eigenvalue weighted by Crippen LogP contribution is -2.44. The number of nitrogen functional groups attached to an aromatic ring is 1. The lowest BCUT2D eigenvalue weighted by atomic mass is 10.1. The number of nitrogens with one attached hydrogen (secondary N) is 1. The number of nitrogens with zero attached hydrogens (tertiary/aromatic N) is 6. The Morgan fingerprint density at radius 2 is 1.75 bits per heavy atom. The van der Waals surface area contributed by atoms with Crippen molar-refractivity contribution in [3.05, 3.63) is 67.0 Å². The molecule has 2 aromatic carbocycles. The van der Waals surface area contributed by atoms with E-state index in [1.807, 2.05) is 64.2 Å². The molecule has 0 atom stereocenters. The van der Waals surface area contributed by atoms with Crippen molar-refractivity contribution < 1.29 is 9.53 Å². The summed E-state index contributed by atoms with van der Waals surface area (Å²) in [7, 11) is 0. The molecule has 2 aliphatic rings. The summed E-state index contributed by atoms with van der Waals surface area (Å²) < 4.78 is 7.77. The minimum Gasteiger partial charge on any atom is -0.457 e. The SMILES string of the molecule is Nc1ncnc2c1c(-c1ccc(Oc3ccccc3)cc1)nn2C1=CCCN(C(=O)CCCN2CCNCC2)C1. The fourth-order valence-electron chi connectivity index (χ4n) is 5.32. The quantitative estimate of drug-likeness (QED) is 0.350. The number of hydrogen-bond acceptors (Lipinski definition) is 8. The van der Waals surface area contributed by atoms with Gasteiger partial charge in [0.15, 0.2) is 5.65 Å². The van der Waals surface area contributed by atoms with E-state index in [-0.39, 0.29) is 5.91 Å². The topological polar surface area (TPSA) is 114 Å². The summed E-state index contributed by atoms with van der Waals surface area (Å²) in [6, 6.07) is 17.4. The molecule has 0 unspecified atom stereocenters. The number of rotatable bonds is 8. The number of aromatic nitrogens is 4. The number of hydrogen-bond donors (Lipinski definition) is 2. The third-order valence-corrected chi connectivity index (χ3v) is 7.43. The van der Waals surface area contributed by atoms with Crippen molar-refractivity contribution in [2.75, 3.05) is 51.5 Å². The lowest BCUT2D eigenvalue weighted by molar-refractivity contribution is -0.130. The molecule has 0 aliphatic carbocycles. The van der Waals surface area contributed by atoms with Crippen molar-refractivity contribution in [3.63, 3.8) is 0 Å². The minimum atomic E-state index is 0.181. The molecule has 10 heteroatoms. The molecule has 6 rings (SSSR count). The second-order valence-electron chi connectivity index (χ2n) is 10.2. The van der Waals surface area contributed by atoms with E-state index in [4.69, 9.17) is 15.6 Å². The molecule has 1 amide bonds. The Labute approximate surface area is 233 Å². The molecule has 1 fully saturated rings. The van der Waals surface area contributed by atoms with Crippen LogP contribution in [-0.4, -0.2) is 81.3 Å². The van der Waals surface area contributed by atoms with Gasteiger partial charge < -0.3 is 25.6 Å². The Bertz CT molecular complexity index is 1490. The Morgan fingerprint density at radius 3 is 2.55 bits per heavy atom. The number of carbonyl (C=O) groups excluding carboxylic acids is 1. The summed E-state index contributed by atoms with van der Waals surface area (Å²) in [5, 5.41) is 9.02. The molecule has 0 bridgehead atoms. The fraction of sp³-hybridized carbons (Fsp3) is 0.333. The van der Waals surface area contributed by atoms with Gasteiger partial charge in [0.2, 0.25) is 5.91 Å². The van der Waals surface area contributed by atoms with E-state index in [0.29, 0.717) is 42.1 Å². The number of anilines is 1. The first-order chi connectivity index (χ1) is 19.7. The summed E-state index contributed by atoms with van der Waals surface area (Å²) in [6.45, 7) is 6.29. The van der Waals surface area contributed by atoms with Crippen LogP contribution < -0.4 is 15.8 Å². The van der Waals surface area contributed by atoms with E-state index in [0.717, 1.165) is 68.3 Å². The first kappa shape index (κ1) is 26.0. The summed E-state index contributed by atoms with van der Waals surface area (Å²) in [5.74, 6) is 2.05. The molecule has 0 saturated carbocycles. The van der Waals surface area contributed by atoms with Crippen LogP contribution in [0.3, 0.4) is 0 Å². The highest BCUT2D eigenvalue weighted by atomic mass is 16.5. The van der Waals surface area contributed by atoms with Crippen LogP contribution in [0.5, 0.6) is 11.5 Å². The normalized spacial score (nSPS) is 16.2. The standard InChI is InChI=1S/C30H34N8O2/c31-29-27-28(22-10-12-25(13-11-22)40-24-7-2-1-3-8-24)35-38(30(27)34-21-33-29)23-6-4-17-37(20-23)26(39)9-5-16-36-18-14-32-15-19-36/h1-3,6-8,10-13,21,32H,4-5,9,14-20H2,(H2,31,33,34). The van der Waals surface area contributed by atoms with Crippen LogP contribution in [0.1, 0.15) is 19.3 Å². The summed E-state index contributed by atoms with van der Waals surface area (Å²) >= 11 is 0. The fourth-order valence-corrected chi connectivity index (χ4v) is 5.32. The zero-order chi connectivity index (χ0) is 27.3. The highest BCUT2D eigenvalue weighted by Crippen LogP contribution is 2.33. The molecule has 3 N–H and O–H groups in total. The lowest BCUT2D eigenvalue weighted by Gasteiger charge is -2.29. The van der Waals surface area contributed by atoms with Crippen LogP contribution in [0.25, 0.3) is 28.0 Å². The average Bonchev–Trinajstić information content (AvgIpc) is 3.40. The Morgan fingerprint density at radius 1 is 0.975 bits per heavy atom. The van der Waals surface area contributed by atoms with Gasteiger partial charge in [-0.05, 0) is 55.8 Å². The maximum atomic E-state index is 13.1. The van der Waals surface area contributed by atoms with E-state index in [1.54, 1.807) is 0 Å². The van der Waals surface area contributed by atoms with Crippen molar-refractivity contribution in [1.82, 2.24) is 34.9 Å². The average molecular weight is 539 g/mol. The van der Waals surface area contributed by atoms with Crippen molar-refractivity contribution >= 4 is 28.5 Å². The molecular formula is C30H34N8O2. The highest BCUT2D eigenvalue weighted by molar-refractivity contribution is 5.99. The van der Waals surface area contributed by atoms with Crippen LogP contribution in [0.2, 0.25) is 0 Å². The number of ether oxygens (including phenoxy) is 1. The predicted octanol–water partition coefficient (Wildman–Crippen LogP) is 3.63. The van der Waals surface area contributed by atoms with E-state index in [2.05, 4.69) is 26.3 Å². The van der Waals surface area contributed by atoms with Gasteiger partial charge in [-0.1, -0.05) is 24.3 Å². The van der Waals surface area contributed by atoms with Gasteiger partial charge in [-0.3, -0.25) is 4.79 Å². The van der Waals surface area contributed by atoms with Gasteiger partial charge >= 0.3 is 0 Å². The second kappa shape index (κ2) is 11.8. The molecule has 2 aromatic heterocycles. The number of nitrogens with two attached hydrogens (primary N) is 1. The van der Waals surface area contributed by atoms with Crippen molar-refractivity contribution in [1.29, 1.82) is 0 Å². The number of carbonyl (C=O) groups is 1. The van der Waals surface area contributed by atoms with Crippen LogP contribution in [0.4, 0.5) is 5.82 Å². The molecule has 2 aliphatic heterocycles. The van der Waals surface area contributed by atoms with Gasteiger partial charge in [0.05, 0.1) is 17.6 Å². The molecule has 40 heavy (non-hydrogen) atoms. The molecule has 4 aromatic rings. The molecule has 4 heterocycles. The first-order valence-electron chi connectivity index (χ1n) is 13.9. The van der Waals surface area contributed by atoms with Crippen molar-refractivity contribution in [2.24, 2.45) is 0 Å². The first-order valence-corrected chi connectivity index (χ1v) is 13.9. The van der Waals surface area contributed by atoms with Crippen LogP contribution in [-0.2, 0) is 4.79 Å². The number of amides is 1. The number of piperazine rings is 1. The van der Waals surface area contributed by atoms with Gasteiger partial charge in [-0.25, -0.2) is 14.6 Å². The number of benzene rings is 2. The van der Waals surface area contributed by atoms with Crippen molar-refractivity contribution in [2.45, 2.75) is 19.3 Å². The Kier molecular flexibility index (Phi) is 7.69. The number of para-hydroxylation sites is 1. The van der Waals surface area contributed by atoms with Crippen molar-refractivity contribution in [3.8, 4) is 22.8 Å². The van der Waals surface area contributed by atoms with E-state index >= 15 is 0 Å². The predicted molar refractivity (Wildman–Crippen MR) is 156 cm³/mol. The molecule has 0 spiro atoms. The van der Waals surface area contributed by atoms with E-state index < -0.39 is 0 Å². The molecule has 206 valence electrons. The maximum absolute atomic E-state index is 13.1. The molecule has 0 radical (unpaired) electrons. The minimum absolute atomic E-state index is 0.181. The smallest absolute Gasteiger partial charge is 0.222 e. The van der Waals surface area contributed by atoms with Gasteiger partial charge in [0, 0.05) is 44.7 Å². The summed E-state index contributed by atoms with van der Waals surface area (Å²) in [6.07, 6.45) is 5.78. The molecular weight excluding hydrogens is 504 g/mol. The summed E-state index contributed by atoms with van der Waals surface area (Å²) in [4.78, 5) is 26.2. The van der Waals surface area contributed by atoms with Gasteiger partial charge in [0.25, 0.3) is 0 Å². The van der Waals surface area contributed by atoms with Crippen LogP contribution in [0.15, 0.2) is 67.0 Å². The third-order valence-electron chi connectivity index (χ3n) is 7.43. The van der Waals surface area contributed by atoms with Gasteiger partial charge in [-0.15, -0.1) is 0 Å². The Hall–Kier alpha value is -4.28. The van der Waals surface area contributed by atoms with E-state index in [1.165, 1.54) is 6.33 Å². The molecule has 10 nitrogen and oxygen atoms in total.